The van der Waals surface area contributed by atoms with Crippen LogP contribution in [0.1, 0.15) is 24.2 Å². The van der Waals surface area contributed by atoms with E-state index in [1.54, 1.807) is 14.2 Å². The van der Waals surface area contributed by atoms with E-state index in [0.29, 0.717) is 0 Å². The van der Waals surface area contributed by atoms with E-state index < -0.39 is 0 Å². The molecule has 0 atom stereocenters. The molecule has 0 aliphatic rings. The van der Waals surface area contributed by atoms with Gasteiger partial charge in [0.1, 0.15) is 0 Å². The molecule has 0 radical (unpaired) electrons. The van der Waals surface area contributed by atoms with Crippen LogP contribution in [0.4, 0.5) is 0 Å². The van der Waals surface area contributed by atoms with Crippen LogP contribution >= 0.6 is 0 Å². The summed E-state index contributed by atoms with van der Waals surface area (Å²) in [5.41, 5.74) is 4.28. The Balaban J connectivity index is 0.00000210. The molecule has 0 bridgehead atoms. The molecule has 0 unspecified atom stereocenters. The Morgan fingerprint density at radius 3 is 2.30 bits per heavy atom. The Labute approximate surface area is 159 Å². The second-order valence-corrected chi connectivity index (χ2v) is 6.33. The number of methoxy groups -OCH3 is 2. The molecule has 27 heavy (non-hydrogen) atoms. The average molecular weight is 360 g/mol. The highest BCUT2D eigenvalue weighted by molar-refractivity contribution is 5.90. The lowest BCUT2D eigenvalue weighted by atomic mass is 9.99. The van der Waals surface area contributed by atoms with Crippen molar-refractivity contribution in [2.24, 2.45) is 0 Å². The van der Waals surface area contributed by atoms with Crippen LogP contribution in [0, 0.1) is 6.92 Å². The van der Waals surface area contributed by atoms with E-state index in [2.05, 4.69) is 22.1 Å². The van der Waals surface area contributed by atoms with Gasteiger partial charge >= 0.3 is 0 Å². The van der Waals surface area contributed by atoms with Crippen LogP contribution in [0.25, 0.3) is 21.7 Å². The number of hydrogen-bond acceptors (Lipinski definition) is 4. The van der Waals surface area contributed by atoms with Gasteiger partial charge in [0, 0.05) is 35.3 Å². The Morgan fingerprint density at radius 2 is 1.56 bits per heavy atom. The number of rotatable bonds is 4. The third-order valence-electron chi connectivity index (χ3n) is 4.72. The third-order valence-corrected chi connectivity index (χ3v) is 4.72. The number of benzene rings is 2. The van der Waals surface area contributed by atoms with E-state index in [1.165, 1.54) is 0 Å². The fraction of sp³-hybridized carbons (Fsp3) is 0.217. The van der Waals surface area contributed by atoms with Gasteiger partial charge in [-0.25, -0.2) is 0 Å². The van der Waals surface area contributed by atoms with Crippen molar-refractivity contribution >= 4 is 21.7 Å². The molecule has 2 aromatic carbocycles. The minimum atomic E-state index is 0. The molecule has 4 rings (SSSR count). The summed E-state index contributed by atoms with van der Waals surface area (Å²) in [7, 11) is 3.31. The monoisotopic (exact) mass is 360 g/mol. The predicted octanol–water partition coefficient (Wildman–Crippen LogP) is 5.34. The highest BCUT2D eigenvalue weighted by atomic mass is 16.5. The summed E-state index contributed by atoms with van der Waals surface area (Å²) >= 11 is 0. The van der Waals surface area contributed by atoms with Crippen molar-refractivity contribution < 1.29 is 9.47 Å². The number of nitrogens with zero attached hydrogens (tertiary/aromatic N) is 2. The molecule has 4 heteroatoms. The summed E-state index contributed by atoms with van der Waals surface area (Å²) in [5, 5.41) is 3.35. The Kier molecular flexibility index (Phi) is 5.26. The third kappa shape index (κ3) is 3.43. The fourth-order valence-electron chi connectivity index (χ4n) is 3.33. The lowest BCUT2D eigenvalue weighted by Gasteiger charge is -2.13. The zero-order valence-corrected chi connectivity index (χ0v) is 15.1. The Hall–Kier alpha value is -3.14. The van der Waals surface area contributed by atoms with Crippen molar-refractivity contribution in [1.82, 2.24) is 9.97 Å². The van der Waals surface area contributed by atoms with E-state index in [1.807, 2.05) is 49.6 Å². The van der Waals surface area contributed by atoms with Crippen LogP contribution in [0.15, 0.2) is 54.9 Å². The molecule has 2 heterocycles. The van der Waals surface area contributed by atoms with Crippen LogP contribution in [0.3, 0.4) is 0 Å². The Bertz CT molecular complexity index is 1110. The molecule has 0 N–H and O–H groups in total. The highest BCUT2D eigenvalue weighted by Crippen LogP contribution is 2.35. The van der Waals surface area contributed by atoms with Crippen LogP contribution in [0.5, 0.6) is 11.5 Å². The normalized spacial score (nSPS) is 10.6. The van der Waals surface area contributed by atoms with Crippen molar-refractivity contribution in [1.29, 1.82) is 0 Å². The average Bonchev–Trinajstić information content (AvgIpc) is 2.69. The molecule has 138 valence electrons. The van der Waals surface area contributed by atoms with Gasteiger partial charge in [-0.3, -0.25) is 9.97 Å². The summed E-state index contributed by atoms with van der Waals surface area (Å²) < 4.78 is 10.9. The van der Waals surface area contributed by atoms with Gasteiger partial charge in [0.15, 0.2) is 11.5 Å². The molecule has 0 aliphatic heterocycles. The van der Waals surface area contributed by atoms with Crippen LogP contribution in [-0.4, -0.2) is 24.2 Å². The number of para-hydroxylation sites is 1. The minimum Gasteiger partial charge on any atom is -0.493 e. The standard InChI is InChI=1S/C22H20N2O2.CH4/c1-14-18-10-21(25-2)22(26-3)11-19(18)17(13-23-14)9-15-8-16-6-4-5-7-20(16)24-12-15;/h4-8,10-13H,9H2,1-3H3;1H4. The van der Waals surface area contributed by atoms with Gasteiger partial charge in [0.2, 0.25) is 0 Å². The van der Waals surface area contributed by atoms with Gasteiger partial charge in [0.25, 0.3) is 0 Å². The zero-order valence-electron chi connectivity index (χ0n) is 15.1. The summed E-state index contributed by atoms with van der Waals surface area (Å²) in [5.74, 6) is 1.44. The quantitative estimate of drug-likeness (QED) is 0.493. The van der Waals surface area contributed by atoms with Gasteiger partial charge in [-0.15, -0.1) is 0 Å². The van der Waals surface area contributed by atoms with E-state index in [0.717, 1.165) is 56.4 Å². The van der Waals surface area contributed by atoms with Crippen molar-refractivity contribution in [3.63, 3.8) is 0 Å². The molecule has 2 aromatic heterocycles. The number of ether oxygens (including phenoxy) is 2. The lowest BCUT2D eigenvalue weighted by Crippen LogP contribution is -1.97. The number of aromatic nitrogens is 2. The summed E-state index contributed by atoms with van der Waals surface area (Å²) in [6, 6.07) is 14.4. The minimum absolute atomic E-state index is 0. The van der Waals surface area contributed by atoms with Crippen LogP contribution in [0.2, 0.25) is 0 Å². The van der Waals surface area contributed by atoms with Gasteiger partial charge in [-0.1, -0.05) is 25.6 Å². The van der Waals surface area contributed by atoms with Crippen molar-refractivity contribution in [3.05, 3.63) is 71.7 Å². The van der Waals surface area contributed by atoms with E-state index >= 15 is 0 Å². The van der Waals surface area contributed by atoms with E-state index in [4.69, 9.17) is 9.47 Å². The Morgan fingerprint density at radius 1 is 0.852 bits per heavy atom. The number of fused-ring (bicyclic) bond motifs is 2. The van der Waals surface area contributed by atoms with Crippen molar-refractivity contribution in [3.8, 4) is 11.5 Å². The second kappa shape index (κ2) is 7.62. The molecule has 0 fully saturated rings. The molecular weight excluding hydrogens is 336 g/mol. The molecule has 0 amide bonds. The molecule has 0 saturated heterocycles. The maximum atomic E-state index is 5.49. The van der Waals surface area contributed by atoms with Crippen LogP contribution < -0.4 is 9.47 Å². The first-order valence-electron chi connectivity index (χ1n) is 8.53. The zero-order chi connectivity index (χ0) is 18.1. The smallest absolute Gasteiger partial charge is 0.161 e. The molecule has 0 spiro atoms. The first kappa shape index (κ1) is 18.6. The summed E-state index contributed by atoms with van der Waals surface area (Å²) in [4.78, 5) is 9.15. The maximum absolute atomic E-state index is 5.49. The molecule has 0 saturated carbocycles. The number of aryl methyl sites for hydroxylation is 1. The van der Waals surface area contributed by atoms with Gasteiger partial charge < -0.3 is 9.47 Å². The largest absolute Gasteiger partial charge is 0.493 e. The molecule has 0 aliphatic carbocycles. The highest BCUT2D eigenvalue weighted by Gasteiger charge is 2.12. The second-order valence-electron chi connectivity index (χ2n) is 6.33. The SMILES string of the molecule is C.COc1cc2c(Cc3cnc4ccccc4c3)cnc(C)c2cc1OC. The van der Waals surface area contributed by atoms with E-state index in [-0.39, 0.29) is 7.43 Å². The first-order valence-corrected chi connectivity index (χ1v) is 8.53. The molecule has 4 aromatic rings. The van der Waals surface area contributed by atoms with Crippen molar-refractivity contribution in [2.75, 3.05) is 14.2 Å². The summed E-state index contributed by atoms with van der Waals surface area (Å²) in [6.45, 7) is 2.01. The fourth-order valence-corrected chi connectivity index (χ4v) is 3.33. The summed E-state index contributed by atoms with van der Waals surface area (Å²) in [6.07, 6.45) is 4.64. The predicted molar refractivity (Wildman–Crippen MR) is 111 cm³/mol. The maximum Gasteiger partial charge on any atom is 0.161 e. The number of hydrogen-bond donors (Lipinski definition) is 0. The molecule has 4 nitrogen and oxygen atoms in total. The van der Waals surface area contributed by atoms with Crippen LogP contribution in [-0.2, 0) is 6.42 Å². The lowest BCUT2D eigenvalue weighted by molar-refractivity contribution is 0.356. The first-order chi connectivity index (χ1) is 12.7. The van der Waals surface area contributed by atoms with Gasteiger partial charge in [0.05, 0.1) is 19.7 Å². The van der Waals surface area contributed by atoms with Crippen molar-refractivity contribution in [2.45, 2.75) is 20.8 Å². The van der Waals surface area contributed by atoms with Gasteiger partial charge in [-0.2, -0.15) is 0 Å². The van der Waals surface area contributed by atoms with E-state index in [9.17, 15) is 0 Å². The van der Waals surface area contributed by atoms with Gasteiger partial charge in [-0.05, 0) is 47.7 Å². The molecular formula is C23H24N2O2. The topological polar surface area (TPSA) is 44.2 Å². The number of pyridine rings is 2.